The molecule has 2 heterocycles. The monoisotopic (exact) mass is 381 g/mol. The van der Waals surface area contributed by atoms with Crippen LogP contribution >= 0.6 is 23.4 Å². The van der Waals surface area contributed by atoms with Gasteiger partial charge in [0.1, 0.15) is 23.2 Å². The van der Waals surface area contributed by atoms with Gasteiger partial charge in [-0.3, -0.25) is 14.5 Å². The molecule has 132 valence electrons. The van der Waals surface area contributed by atoms with Gasteiger partial charge in [0.2, 0.25) is 5.91 Å². The van der Waals surface area contributed by atoms with Gasteiger partial charge < -0.3 is 15.8 Å². The van der Waals surface area contributed by atoms with Crippen molar-refractivity contribution in [3.05, 3.63) is 46.6 Å². The summed E-state index contributed by atoms with van der Waals surface area (Å²) in [6.45, 7) is 0. The van der Waals surface area contributed by atoms with Crippen LogP contribution < -0.4 is 11.1 Å². The first-order valence-corrected chi connectivity index (χ1v) is 8.91. The Kier molecular flexibility index (Phi) is 5.03. The van der Waals surface area contributed by atoms with Crippen molar-refractivity contribution in [3.63, 3.8) is 0 Å². The van der Waals surface area contributed by atoms with E-state index in [1.54, 1.807) is 24.3 Å². The third-order valence-corrected chi connectivity index (χ3v) is 5.79. The van der Waals surface area contributed by atoms with Gasteiger partial charge in [0.25, 0.3) is 5.91 Å². The number of halogens is 1. The number of methoxy groups -OCH3 is 1. The predicted molar refractivity (Wildman–Crippen MR) is 93.3 cm³/mol. The van der Waals surface area contributed by atoms with Crippen LogP contribution in [0.2, 0.25) is 0 Å². The van der Waals surface area contributed by atoms with Crippen LogP contribution in [0.1, 0.15) is 11.6 Å². The van der Waals surface area contributed by atoms with E-state index in [2.05, 4.69) is 10.1 Å². The van der Waals surface area contributed by atoms with E-state index in [9.17, 15) is 14.4 Å². The summed E-state index contributed by atoms with van der Waals surface area (Å²) in [6.07, 6.45) is 0. The van der Waals surface area contributed by atoms with Gasteiger partial charge in [0.15, 0.2) is 0 Å². The van der Waals surface area contributed by atoms with Crippen molar-refractivity contribution >= 4 is 41.1 Å². The molecule has 2 amide bonds. The van der Waals surface area contributed by atoms with Crippen LogP contribution in [0.15, 0.2) is 41.1 Å². The topological polar surface area (TPSA) is 102 Å². The molecule has 2 aliphatic heterocycles. The van der Waals surface area contributed by atoms with Crippen LogP contribution in [0.5, 0.6) is 0 Å². The summed E-state index contributed by atoms with van der Waals surface area (Å²) in [5, 5.41) is 2.51. The summed E-state index contributed by atoms with van der Waals surface area (Å²) in [5.74, 6) is -1.18. The molecule has 7 nitrogen and oxygen atoms in total. The highest BCUT2D eigenvalue weighted by Crippen LogP contribution is 2.41. The Bertz CT molecular complexity index is 755. The molecule has 2 aliphatic rings. The first kappa shape index (κ1) is 17.8. The molecule has 3 N–H and O–H groups in total. The zero-order valence-electron chi connectivity index (χ0n) is 13.3. The number of amides is 2. The molecule has 9 heteroatoms. The molecule has 25 heavy (non-hydrogen) atoms. The van der Waals surface area contributed by atoms with Gasteiger partial charge >= 0.3 is 5.97 Å². The lowest BCUT2D eigenvalue weighted by molar-refractivity contribution is -0.151. The van der Waals surface area contributed by atoms with Crippen LogP contribution in [0, 0.1) is 0 Å². The molecule has 2 unspecified atom stereocenters. The van der Waals surface area contributed by atoms with Gasteiger partial charge in [-0.2, -0.15) is 0 Å². The van der Waals surface area contributed by atoms with Crippen molar-refractivity contribution in [3.8, 4) is 0 Å². The second-order valence-electron chi connectivity index (χ2n) is 5.53. The lowest BCUT2D eigenvalue weighted by Gasteiger charge is -2.49. The van der Waals surface area contributed by atoms with E-state index in [1.165, 1.54) is 23.8 Å². The molecule has 0 radical (unpaired) electrons. The Morgan fingerprint density at radius 2 is 2.08 bits per heavy atom. The molecular weight excluding hydrogens is 366 g/mol. The first-order valence-electron chi connectivity index (χ1n) is 7.48. The van der Waals surface area contributed by atoms with Crippen molar-refractivity contribution < 1.29 is 19.1 Å². The predicted octanol–water partition coefficient (Wildman–Crippen LogP) is 0.710. The number of thioether (sulfide) groups is 1. The van der Waals surface area contributed by atoms with E-state index in [0.29, 0.717) is 11.3 Å². The molecule has 1 aromatic rings. The van der Waals surface area contributed by atoms with E-state index in [0.717, 1.165) is 0 Å². The minimum Gasteiger partial charge on any atom is -0.464 e. The maximum Gasteiger partial charge on any atom is 0.356 e. The molecule has 0 spiro atoms. The van der Waals surface area contributed by atoms with Crippen LogP contribution in [0.25, 0.3) is 0 Å². The molecule has 3 atom stereocenters. The van der Waals surface area contributed by atoms with Gasteiger partial charge in [-0.1, -0.05) is 41.9 Å². The zero-order chi connectivity index (χ0) is 18.1. The quantitative estimate of drug-likeness (QED) is 0.588. The fourth-order valence-corrected chi connectivity index (χ4v) is 4.27. The van der Waals surface area contributed by atoms with Gasteiger partial charge in [-0.05, 0) is 5.56 Å². The van der Waals surface area contributed by atoms with Crippen molar-refractivity contribution in [2.24, 2.45) is 5.73 Å². The number of nitrogens with zero attached hydrogens (tertiary/aromatic N) is 1. The lowest BCUT2D eigenvalue weighted by Crippen LogP contribution is -2.71. The number of ether oxygens (including phenoxy) is 1. The summed E-state index contributed by atoms with van der Waals surface area (Å²) >= 11 is 7.42. The first-order chi connectivity index (χ1) is 12.0. The average Bonchev–Trinajstić information content (AvgIpc) is 2.65. The lowest BCUT2D eigenvalue weighted by atomic mass is 10.0. The second kappa shape index (κ2) is 7.07. The normalized spacial score (nSPS) is 23.5. The summed E-state index contributed by atoms with van der Waals surface area (Å²) in [5.41, 5.74) is 6.64. The maximum absolute atomic E-state index is 12.4. The molecular formula is C16H16ClN3O4S. The third-order valence-electron chi connectivity index (χ3n) is 4.04. The van der Waals surface area contributed by atoms with Crippen molar-refractivity contribution in [1.82, 2.24) is 10.2 Å². The van der Waals surface area contributed by atoms with Crippen LogP contribution in [-0.4, -0.2) is 47.0 Å². The van der Waals surface area contributed by atoms with Crippen LogP contribution in [0.4, 0.5) is 0 Å². The van der Waals surface area contributed by atoms with Gasteiger partial charge in [-0.25, -0.2) is 4.79 Å². The molecule has 1 saturated heterocycles. The standard InChI is InChI=1S/C16H16ClN3O4S/c1-24-16(23)12-9(17)7-25-15-11(14(22)20(12)15)19-13(21)10(18)8-5-3-2-4-6-8/h2-6,10-11,15H,7,18H2,1H3,(H,19,21)/t10?,11?,15-/m0/s1. The summed E-state index contributed by atoms with van der Waals surface area (Å²) in [4.78, 5) is 37.9. The number of nitrogens with two attached hydrogens (primary N) is 1. The maximum atomic E-state index is 12.4. The molecule has 0 aromatic heterocycles. The number of nitrogens with one attached hydrogen (secondary N) is 1. The van der Waals surface area contributed by atoms with Crippen LogP contribution in [0.3, 0.4) is 0 Å². The number of esters is 1. The number of hydrogen-bond donors (Lipinski definition) is 2. The molecule has 3 rings (SSSR count). The summed E-state index contributed by atoms with van der Waals surface area (Å²) in [7, 11) is 1.22. The summed E-state index contributed by atoms with van der Waals surface area (Å²) < 4.78 is 4.68. The number of rotatable bonds is 4. The number of carbonyl (C=O) groups is 3. The highest BCUT2D eigenvalue weighted by Gasteiger charge is 2.54. The van der Waals surface area contributed by atoms with E-state index in [-0.39, 0.29) is 10.7 Å². The van der Waals surface area contributed by atoms with Crippen molar-refractivity contribution in [2.45, 2.75) is 17.5 Å². The zero-order valence-corrected chi connectivity index (χ0v) is 14.8. The minimum atomic E-state index is -0.879. The van der Waals surface area contributed by atoms with E-state index in [4.69, 9.17) is 17.3 Å². The molecule has 0 aliphatic carbocycles. The highest BCUT2D eigenvalue weighted by atomic mass is 35.5. The number of carbonyl (C=O) groups excluding carboxylic acids is 3. The Morgan fingerprint density at radius 1 is 1.40 bits per heavy atom. The minimum absolute atomic E-state index is 0.0378. The Labute approximate surface area is 153 Å². The largest absolute Gasteiger partial charge is 0.464 e. The Morgan fingerprint density at radius 3 is 2.72 bits per heavy atom. The molecule has 1 aromatic carbocycles. The van der Waals surface area contributed by atoms with Gasteiger partial charge in [-0.15, -0.1) is 11.8 Å². The number of β-lactam (4-membered cyclic amide) rings is 1. The van der Waals surface area contributed by atoms with Crippen molar-refractivity contribution in [1.29, 1.82) is 0 Å². The number of benzene rings is 1. The third kappa shape index (κ3) is 3.12. The SMILES string of the molecule is COC(=O)C1=C(Cl)CS[C@H]2C(NC(=O)C(N)c3ccccc3)C(=O)N12. The fourth-order valence-electron chi connectivity index (χ4n) is 2.72. The Balaban J connectivity index is 1.72. The molecule has 1 fully saturated rings. The Hall–Kier alpha value is -2.03. The average molecular weight is 382 g/mol. The van der Waals surface area contributed by atoms with E-state index in [1.807, 2.05) is 6.07 Å². The smallest absolute Gasteiger partial charge is 0.356 e. The molecule has 0 saturated carbocycles. The van der Waals surface area contributed by atoms with E-state index < -0.39 is 35.2 Å². The second-order valence-corrected chi connectivity index (χ2v) is 7.09. The number of fused-ring (bicyclic) bond motifs is 1. The fraction of sp³-hybridized carbons (Fsp3) is 0.312. The number of hydrogen-bond acceptors (Lipinski definition) is 6. The van der Waals surface area contributed by atoms with Gasteiger partial charge in [0, 0.05) is 5.75 Å². The molecule has 0 bridgehead atoms. The van der Waals surface area contributed by atoms with Crippen LogP contribution in [-0.2, 0) is 19.1 Å². The highest BCUT2D eigenvalue weighted by molar-refractivity contribution is 8.00. The van der Waals surface area contributed by atoms with Crippen molar-refractivity contribution in [2.75, 3.05) is 12.9 Å². The van der Waals surface area contributed by atoms with Gasteiger partial charge in [0.05, 0.1) is 12.1 Å². The summed E-state index contributed by atoms with van der Waals surface area (Å²) in [6, 6.07) is 7.24. The van der Waals surface area contributed by atoms with E-state index >= 15 is 0 Å².